The van der Waals surface area contributed by atoms with Gasteiger partial charge in [0, 0.05) is 25.8 Å². The standard InChI is InChI=1S/C8H8O2.In/c1-6-2-4-7(5-3-6)8(9)10;/h2-5H,1H3,(H,9,10);. The van der Waals surface area contributed by atoms with Crippen LogP contribution < -0.4 is 0 Å². The summed E-state index contributed by atoms with van der Waals surface area (Å²) >= 11 is 0. The molecular weight excluding hydrogens is 243 g/mol. The molecule has 0 aliphatic carbocycles. The van der Waals surface area contributed by atoms with Gasteiger partial charge in [0.15, 0.2) is 0 Å². The fourth-order valence-electron chi connectivity index (χ4n) is 0.696. The van der Waals surface area contributed by atoms with Crippen LogP contribution in [0.1, 0.15) is 15.9 Å². The van der Waals surface area contributed by atoms with Crippen molar-refractivity contribution in [2.75, 3.05) is 0 Å². The van der Waals surface area contributed by atoms with Crippen LogP contribution >= 0.6 is 0 Å². The molecule has 3 heteroatoms. The van der Waals surface area contributed by atoms with E-state index in [1.165, 1.54) is 0 Å². The van der Waals surface area contributed by atoms with E-state index in [9.17, 15) is 4.79 Å². The topological polar surface area (TPSA) is 37.3 Å². The Kier molecular flexibility index (Phi) is 4.26. The Bertz CT molecular complexity index is 241. The Balaban J connectivity index is 0.000001000. The second-order valence-corrected chi connectivity index (χ2v) is 2.17. The van der Waals surface area contributed by atoms with Crippen molar-refractivity contribution < 1.29 is 9.90 Å². The van der Waals surface area contributed by atoms with E-state index in [2.05, 4.69) is 0 Å². The molecule has 0 amide bonds. The van der Waals surface area contributed by atoms with Crippen molar-refractivity contribution >= 4 is 31.8 Å². The third-order valence-electron chi connectivity index (χ3n) is 1.30. The quantitative estimate of drug-likeness (QED) is 0.817. The second kappa shape index (κ2) is 4.44. The predicted molar refractivity (Wildman–Crippen MR) is 43.9 cm³/mol. The Morgan fingerprint density at radius 3 is 2.09 bits per heavy atom. The van der Waals surface area contributed by atoms with Gasteiger partial charge in [-0.2, -0.15) is 0 Å². The number of benzene rings is 1. The van der Waals surface area contributed by atoms with Gasteiger partial charge in [-0.25, -0.2) is 4.79 Å². The number of rotatable bonds is 1. The molecule has 11 heavy (non-hydrogen) atoms. The van der Waals surface area contributed by atoms with Crippen molar-refractivity contribution in [3.8, 4) is 0 Å². The van der Waals surface area contributed by atoms with Gasteiger partial charge < -0.3 is 5.11 Å². The maximum absolute atomic E-state index is 10.3. The molecule has 1 rings (SSSR count). The normalized spacial score (nSPS) is 8.45. The van der Waals surface area contributed by atoms with Crippen molar-refractivity contribution in [2.24, 2.45) is 0 Å². The first-order valence-corrected chi connectivity index (χ1v) is 3.00. The van der Waals surface area contributed by atoms with Crippen LogP contribution in [-0.2, 0) is 0 Å². The molecule has 1 aromatic rings. The van der Waals surface area contributed by atoms with E-state index in [-0.39, 0.29) is 25.8 Å². The average molecular weight is 251 g/mol. The first-order chi connectivity index (χ1) is 4.70. The van der Waals surface area contributed by atoms with Gasteiger partial charge in [0.1, 0.15) is 0 Å². The molecule has 0 aliphatic heterocycles. The molecule has 1 aromatic carbocycles. The monoisotopic (exact) mass is 251 g/mol. The summed E-state index contributed by atoms with van der Waals surface area (Å²) in [5.74, 6) is -0.875. The molecular formula is C8H8InO2. The molecule has 0 atom stereocenters. The van der Waals surface area contributed by atoms with Crippen molar-refractivity contribution in [1.29, 1.82) is 0 Å². The van der Waals surface area contributed by atoms with Crippen LogP contribution in [-0.4, -0.2) is 36.9 Å². The van der Waals surface area contributed by atoms with Crippen LogP contribution in [0.4, 0.5) is 0 Å². The Morgan fingerprint density at radius 2 is 1.73 bits per heavy atom. The minimum absolute atomic E-state index is 0. The van der Waals surface area contributed by atoms with E-state index in [1.807, 2.05) is 6.92 Å². The minimum atomic E-state index is -0.875. The zero-order valence-electron chi connectivity index (χ0n) is 6.24. The summed E-state index contributed by atoms with van der Waals surface area (Å²) in [6, 6.07) is 6.75. The fraction of sp³-hybridized carbons (Fsp3) is 0.125. The van der Waals surface area contributed by atoms with Gasteiger partial charge in [0.05, 0.1) is 5.56 Å². The molecule has 0 fully saturated rings. The first kappa shape index (κ1) is 10.6. The molecule has 0 heterocycles. The molecule has 0 saturated carbocycles. The Hall–Kier alpha value is -0.440. The van der Waals surface area contributed by atoms with Crippen LogP contribution in [0.15, 0.2) is 24.3 Å². The number of carbonyl (C=O) groups is 1. The van der Waals surface area contributed by atoms with Crippen LogP contribution in [0.3, 0.4) is 0 Å². The Labute approximate surface area is 84.0 Å². The van der Waals surface area contributed by atoms with Crippen LogP contribution in [0.2, 0.25) is 0 Å². The van der Waals surface area contributed by atoms with Crippen molar-refractivity contribution in [3.05, 3.63) is 35.4 Å². The van der Waals surface area contributed by atoms with Crippen LogP contribution in [0, 0.1) is 6.92 Å². The van der Waals surface area contributed by atoms with Crippen LogP contribution in [0.5, 0.6) is 0 Å². The maximum atomic E-state index is 10.3. The molecule has 0 spiro atoms. The third-order valence-corrected chi connectivity index (χ3v) is 1.30. The molecule has 0 saturated heterocycles. The van der Waals surface area contributed by atoms with E-state index in [0.29, 0.717) is 5.56 Å². The van der Waals surface area contributed by atoms with E-state index in [0.717, 1.165) is 5.56 Å². The minimum Gasteiger partial charge on any atom is -0.478 e. The van der Waals surface area contributed by atoms with Gasteiger partial charge in [-0.05, 0) is 19.1 Å². The van der Waals surface area contributed by atoms with Gasteiger partial charge in [0.25, 0.3) is 0 Å². The summed E-state index contributed by atoms with van der Waals surface area (Å²) in [5, 5.41) is 8.48. The number of aromatic carboxylic acids is 1. The van der Waals surface area contributed by atoms with Gasteiger partial charge in [0.2, 0.25) is 0 Å². The zero-order valence-corrected chi connectivity index (χ0v) is 9.54. The molecule has 0 unspecified atom stereocenters. The molecule has 0 bridgehead atoms. The summed E-state index contributed by atoms with van der Waals surface area (Å²) in [6.45, 7) is 1.92. The summed E-state index contributed by atoms with van der Waals surface area (Å²) in [4.78, 5) is 10.3. The predicted octanol–water partition coefficient (Wildman–Crippen LogP) is 1.31. The molecule has 0 aromatic heterocycles. The number of carboxylic acid groups (broad SMARTS) is 1. The van der Waals surface area contributed by atoms with Crippen molar-refractivity contribution in [1.82, 2.24) is 0 Å². The maximum Gasteiger partial charge on any atom is 0.335 e. The molecule has 0 aliphatic rings. The first-order valence-electron chi connectivity index (χ1n) is 3.00. The Morgan fingerprint density at radius 1 is 1.27 bits per heavy atom. The van der Waals surface area contributed by atoms with Gasteiger partial charge in [-0.15, -0.1) is 0 Å². The number of hydrogen-bond acceptors (Lipinski definition) is 1. The molecule has 3 radical (unpaired) electrons. The smallest absolute Gasteiger partial charge is 0.335 e. The van der Waals surface area contributed by atoms with E-state index >= 15 is 0 Å². The van der Waals surface area contributed by atoms with E-state index in [4.69, 9.17) is 5.11 Å². The van der Waals surface area contributed by atoms with Gasteiger partial charge >= 0.3 is 5.97 Å². The number of carboxylic acids is 1. The molecule has 1 N–H and O–H groups in total. The zero-order chi connectivity index (χ0) is 7.56. The molecule has 2 nitrogen and oxygen atoms in total. The molecule has 55 valence electrons. The van der Waals surface area contributed by atoms with Gasteiger partial charge in [-0.3, -0.25) is 0 Å². The summed E-state index contributed by atoms with van der Waals surface area (Å²) < 4.78 is 0. The number of hydrogen-bond donors (Lipinski definition) is 1. The average Bonchev–Trinajstić information content (AvgIpc) is 1.88. The van der Waals surface area contributed by atoms with Gasteiger partial charge in [-0.1, -0.05) is 17.7 Å². The van der Waals surface area contributed by atoms with Crippen molar-refractivity contribution in [3.63, 3.8) is 0 Å². The summed E-state index contributed by atoms with van der Waals surface area (Å²) in [7, 11) is 0. The third kappa shape index (κ3) is 2.97. The van der Waals surface area contributed by atoms with E-state index in [1.54, 1.807) is 24.3 Å². The SMILES string of the molecule is Cc1ccc(C(=O)O)cc1.[In]. The fourth-order valence-corrected chi connectivity index (χ4v) is 0.696. The largest absolute Gasteiger partial charge is 0.478 e. The second-order valence-electron chi connectivity index (χ2n) is 2.17. The van der Waals surface area contributed by atoms with Crippen LogP contribution in [0.25, 0.3) is 0 Å². The summed E-state index contributed by atoms with van der Waals surface area (Å²) in [5.41, 5.74) is 1.41. The number of aryl methyl sites for hydroxylation is 1. The van der Waals surface area contributed by atoms with Crippen molar-refractivity contribution in [2.45, 2.75) is 6.92 Å². The van der Waals surface area contributed by atoms with E-state index < -0.39 is 5.97 Å². The summed E-state index contributed by atoms with van der Waals surface area (Å²) in [6.07, 6.45) is 0.